The topological polar surface area (TPSA) is 91.8 Å². The molecule has 0 radical (unpaired) electrons. The van der Waals surface area contributed by atoms with Crippen LogP contribution in [0.1, 0.15) is 37.6 Å². The summed E-state index contributed by atoms with van der Waals surface area (Å²) in [6.45, 7) is 6.98. The monoisotopic (exact) mass is 379 g/mol. The molecular formula is C21H25N5O2. The van der Waals surface area contributed by atoms with Gasteiger partial charge in [-0.2, -0.15) is 0 Å². The first-order chi connectivity index (χ1) is 13.3. The van der Waals surface area contributed by atoms with E-state index in [0.29, 0.717) is 11.3 Å². The van der Waals surface area contributed by atoms with Crippen molar-refractivity contribution < 1.29 is 4.79 Å². The Hall–Kier alpha value is -3.35. The second-order valence-corrected chi connectivity index (χ2v) is 7.72. The minimum Gasteiger partial charge on any atom is -0.334 e. The number of benzene rings is 1. The Morgan fingerprint density at radius 2 is 1.89 bits per heavy atom. The number of aromatic nitrogens is 3. The molecule has 146 valence electrons. The molecule has 2 heterocycles. The number of anilines is 1. The van der Waals surface area contributed by atoms with Crippen LogP contribution in [-0.2, 0) is 18.5 Å². The van der Waals surface area contributed by atoms with Crippen molar-refractivity contribution in [3.05, 3.63) is 82.3 Å². The first-order valence-corrected chi connectivity index (χ1v) is 9.13. The smallest absolute Gasteiger partial charge is 0.319 e. The zero-order chi connectivity index (χ0) is 20.1. The van der Waals surface area contributed by atoms with Gasteiger partial charge in [0.1, 0.15) is 0 Å². The second-order valence-electron chi connectivity index (χ2n) is 7.72. The Kier molecular flexibility index (Phi) is 5.63. The zero-order valence-corrected chi connectivity index (χ0v) is 16.3. The molecule has 3 aromatic rings. The number of aromatic amines is 1. The first kappa shape index (κ1) is 19.4. The summed E-state index contributed by atoms with van der Waals surface area (Å²) in [5, 5.41) is 5.49. The third-order valence-corrected chi connectivity index (χ3v) is 4.37. The highest BCUT2D eigenvalue weighted by molar-refractivity contribution is 5.89. The van der Waals surface area contributed by atoms with Gasteiger partial charge in [-0.3, -0.25) is 4.79 Å². The maximum absolute atomic E-state index is 12.2. The van der Waals surface area contributed by atoms with E-state index < -0.39 is 0 Å². The summed E-state index contributed by atoms with van der Waals surface area (Å²) in [6.07, 6.45) is 5.40. The van der Waals surface area contributed by atoms with Crippen molar-refractivity contribution >= 4 is 11.7 Å². The summed E-state index contributed by atoms with van der Waals surface area (Å²) in [5.74, 6) is 0. The predicted molar refractivity (Wildman–Crippen MR) is 109 cm³/mol. The number of H-pyrrole nitrogens is 1. The normalized spacial score (nSPS) is 11.2. The number of urea groups is 1. The van der Waals surface area contributed by atoms with Gasteiger partial charge in [-0.15, -0.1) is 0 Å². The summed E-state index contributed by atoms with van der Waals surface area (Å²) in [4.78, 5) is 31.2. The minimum absolute atomic E-state index is 0.132. The average Bonchev–Trinajstić information content (AvgIpc) is 3.14. The van der Waals surface area contributed by atoms with E-state index in [0.717, 1.165) is 17.8 Å². The van der Waals surface area contributed by atoms with Crippen molar-refractivity contribution in [3.63, 3.8) is 0 Å². The summed E-state index contributed by atoms with van der Waals surface area (Å²) < 4.78 is 1.97. The molecule has 3 N–H and O–H groups in total. The molecule has 0 fully saturated rings. The van der Waals surface area contributed by atoms with Gasteiger partial charge in [-0.1, -0.05) is 32.9 Å². The Balaban J connectivity index is 1.54. The highest BCUT2D eigenvalue weighted by Crippen LogP contribution is 2.18. The van der Waals surface area contributed by atoms with Crippen LogP contribution in [-0.4, -0.2) is 20.6 Å². The van der Waals surface area contributed by atoms with Gasteiger partial charge < -0.3 is 20.2 Å². The van der Waals surface area contributed by atoms with E-state index in [1.807, 2.05) is 61.9 Å². The molecule has 2 aromatic heterocycles. The highest BCUT2D eigenvalue weighted by Gasteiger charge is 2.15. The Morgan fingerprint density at radius 3 is 2.50 bits per heavy atom. The number of nitrogens with zero attached hydrogens (tertiary/aromatic N) is 2. The number of rotatable bonds is 5. The molecule has 2 amide bonds. The lowest BCUT2D eigenvalue weighted by molar-refractivity contribution is 0.251. The van der Waals surface area contributed by atoms with Gasteiger partial charge in [0.15, 0.2) is 0 Å². The summed E-state index contributed by atoms with van der Waals surface area (Å²) in [5.41, 5.74) is 2.85. The summed E-state index contributed by atoms with van der Waals surface area (Å²) in [6, 6.07) is 10.9. The lowest BCUT2D eigenvalue weighted by atomic mass is 9.91. The van der Waals surface area contributed by atoms with Gasteiger partial charge in [0.25, 0.3) is 5.56 Å². The lowest BCUT2D eigenvalue weighted by Gasteiger charge is -2.18. The van der Waals surface area contributed by atoms with E-state index in [1.165, 1.54) is 0 Å². The Morgan fingerprint density at radius 1 is 1.14 bits per heavy atom. The summed E-state index contributed by atoms with van der Waals surface area (Å²) >= 11 is 0. The predicted octanol–water partition coefficient (Wildman–Crippen LogP) is 3.24. The highest BCUT2D eigenvalue weighted by atomic mass is 16.2. The molecule has 3 rings (SSSR count). The van der Waals surface area contributed by atoms with Crippen molar-refractivity contribution in [1.29, 1.82) is 0 Å². The molecule has 0 atom stereocenters. The molecule has 0 saturated heterocycles. The number of carbonyl (C=O) groups is 1. The summed E-state index contributed by atoms with van der Waals surface area (Å²) in [7, 11) is 0. The second kappa shape index (κ2) is 8.12. The number of pyridine rings is 1. The fraction of sp³-hybridized carbons (Fsp3) is 0.286. The number of carbonyl (C=O) groups excluding carboxylic acids is 1. The maximum atomic E-state index is 12.2. The molecule has 0 saturated carbocycles. The third kappa shape index (κ3) is 5.09. The number of hydrogen-bond acceptors (Lipinski definition) is 3. The molecule has 1 aromatic carbocycles. The van der Waals surface area contributed by atoms with Crippen molar-refractivity contribution in [3.8, 4) is 0 Å². The SMILES string of the molecule is CC(C)(C)c1ccc(CNC(=O)Nc2ccc(Cn3ccnc3)cc2)c(=O)[nH]1. The molecule has 7 heteroatoms. The van der Waals surface area contributed by atoms with E-state index >= 15 is 0 Å². The molecule has 0 aliphatic carbocycles. The lowest BCUT2D eigenvalue weighted by Crippen LogP contribution is -2.31. The largest absolute Gasteiger partial charge is 0.334 e. The number of hydrogen-bond donors (Lipinski definition) is 3. The average molecular weight is 379 g/mol. The van der Waals surface area contributed by atoms with Crippen LogP contribution in [0.4, 0.5) is 10.5 Å². The van der Waals surface area contributed by atoms with Crippen molar-refractivity contribution in [2.45, 2.75) is 39.3 Å². The van der Waals surface area contributed by atoms with Crippen LogP contribution in [0.5, 0.6) is 0 Å². The third-order valence-electron chi connectivity index (χ3n) is 4.37. The van der Waals surface area contributed by atoms with Gasteiger partial charge >= 0.3 is 6.03 Å². The van der Waals surface area contributed by atoms with Gasteiger partial charge in [-0.25, -0.2) is 9.78 Å². The van der Waals surface area contributed by atoms with Crippen LogP contribution < -0.4 is 16.2 Å². The Bertz CT molecular complexity index is 983. The van der Waals surface area contributed by atoms with E-state index in [9.17, 15) is 9.59 Å². The molecular weight excluding hydrogens is 354 g/mol. The van der Waals surface area contributed by atoms with Crippen LogP contribution in [0, 0.1) is 0 Å². The Labute approximate surface area is 163 Å². The van der Waals surface area contributed by atoms with Gasteiger partial charge in [0.05, 0.1) is 6.33 Å². The van der Waals surface area contributed by atoms with E-state index in [-0.39, 0.29) is 23.6 Å². The van der Waals surface area contributed by atoms with Crippen molar-refractivity contribution in [2.24, 2.45) is 0 Å². The maximum Gasteiger partial charge on any atom is 0.319 e. The van der Waals surface area contributed by atoms with Gasteiger partial charge in [0.2, 0.25) is 0 Å². The number of imidazole rings is 1. The molecule has 0 spiro atoms. The molecule has 7 nitrogen and oxygen atoms in total. The van der Waals surface area contributed by atoms with Crippen LogP contribution in [0.15, 0.2) is 59.9 Å². The molecule has 0 unspecified atom stereocenters. The van der Waals surface area contributed by atoms with E-state index in [1.54, 1.807) is 18.6 Å². The molecule has 0 aliphatic heterocycles. The van der Waals surface area contributed by atoms with Gasteiger partial charge in [0, 0.05) is 47.8 Å². The number of amides is 2. The fourth-order valence-corrected chi connectivity index (χ4v) is 2.72. The standard InChI is InChI=1S/C21H25N5O2/c1-21(2,3)18-9-6-16(19(27)25-18)12-23-20(28)24-17-7-4-15(5-8-17)13-26-11-10-22-14-26/h4-11,14H,12-13H2,1-3H3,(H,25,27)(H2,23,24,28). The molecule has 0 aliphatic rings. The van der Waals surface area contributed by atoms with Crippen molar-refractivity contribution in [2.75, 3.05) is 5.32 Å². The van der Waals surface area contributed by atoms with E-state index in [4.69, 9.17) is 0 Å². The molecule has 0 bridgehead atoms. The van der Waals surface area contributed by atoms with Crippen LogP contribution in [0.25, 0.3) is 0 Å². The fourth-order valence-electron chi connectivity index (χ4n) is 2.72. The van der Waals surface area contributed by atoms with Crippen LogP contribution in [0.3, 0.4) is 0 Å². The molecule has 28 heavy (non-hydrogen) atoms. The quantitative estimate of drug-likeness (QED) is 0.635. The first-order valence-electron chi connectivity index (χ1n) is 9.13. The number of nitrogens with one attached hydrogen (secondary N) is 3. The van der Waals surface area contributed by atoms with Crippen molar-refractivity contribution in [1.82, 2.24) is 19.9 Å². The van der Waals surface area contributed by atoms with Crippen LogP contribution >= 0.6 is 0 Å². The zero-order valence-electron chi connectivity index (χ0n) is 16.3. The van der Waals surface area contributed by atoms with Crippen LogP contribution in [0.2, 0.25) is 0 Å². The van der Waals surface area contributed by atoms with E-state index in [2.05, 4.69) is 20.6 Å². The minimum atomic E-state index is -0.360. The van der Waals surface area contributed by atoms with Gasteiger partial charge in [-0.05, 0) is 29.8 Å².